The number of carbonyl (C=O) groups is 2. The summed E-state index contributed by atoms with van der Waals surface area (Å²) in [6.45, 7) is 2.49. The minimum Gasteiger partial charge on any atom is -0.348 e. The van der Waals surface area contributed by atoms with Crippen LogP contribution in [0.15, 0.2) is 0 Å². The second kappa shape index (κ2) is 13.6. The molecular weight excluding hydrogens is 382 g/mol. The van der Waals surface area contributed by atoms with Gasteiger partial charge in [-0.25, -0.2) is 0 Å². The van der Waals surface area contributed by atoms with Crippen molar-refractivity contribution >= 4 is 11.8 Å². The normalized spacial score (nSPS) is 12.1. The third-order valence-electron chi connectivity index (χ3n) is 3.35. The zero-order chi connectivity index (χ0) is 20.8. The van der Waals surface area contributed by atoms with E-state index in [1.165, 1.54) is 0 Å². The fourth-order valence-electron chi connectivity index (χ4n) is 1.94. The van der Waals surface area contributed by atoms with Crippen LogP contribution in [0.5, 0.6) is 0 Å². The molecule has 0 saturated carbocycles. The molecule has 0 bridgehead atoms. The quantitative estimate of drug-likeness (QED) is 0.259. The molecule has 0 aliphatic carbocycles. The Labute approximate surface area is 153 Å². The van der Waals surface area contributed by atoms with E-state index in [0.29, 0.717) is 38.9 Å². The highest BCUT2D eigenvalue weighted by Gasteiger charge is 2.38. The molecule has 0 aromatic heterocycles. The van der Waals surface area contributed by atoms with E-state index in [1.54, 1.807) is 10.6 Å². The van der Waals surface area contributed by atoms with Crippen LogP contribution in [0.3, 0.4) is 0 Å². The number of unbranched alkanes of at least 4 members (excludes halogenated alkanes) is 2. The van der Waals surface area contributed by atoms with Crippen molar-refractivity contribution in [1.29, 1.82) is 0 Å². The summed E-state index contributed by atoms with van der Waals surface area (Å²) in [6, 6.07) is 0. The van der Waals surface area contributed by atoms with Gasteiger partial charge in [0.25, 0.3) is 0 Å². The van der Waals surface area contributed by atoms with Crippen molar-refractivity contribution in [1.82, 2.24) is 21.3 Å². The van der Waals surface area contributed by atoms with Gasteiger partial charge in [-0.15, -0.1) is 0 Å². The van der Waals surface area contributed by atoms with Crippen LogP contribution < -0.4 is 21.3 Å². The van der Waals surface area contributed by atoms with Gasteiger partial charge in [-0.2, -0.15) is 26.3 Å². The second-order valence-corrected chi connectivity index (χ2v) is 5.78. The molecular formula is C15H26F6N4O2. The van der Waals surface area contributed by atoms with Crippen LogP contribution in [0.1, 0.15) is 32.1 Å². The lowest BCUT2D eigenvalue weighted by Gasteiger charge is -2.09. The smallest absolute Gasteiger partial charge is 0.348 e. The van der Waals surface area contributed by atoms with Gasteiger partial charge in [0.2, 0.25) is 0 Å². The van der Waals surface area contributed by atoms with E-state index in [2.05, 4.69) is 10.6 Å². The summed E-state index contributed by atoms with van der Waals surface area (Å²) in [5.41, 5.74) is 0. The Morgan fingerprint density at radius 1 is 0.519 bits per heavy atom. The molecule has 0 aromatic carbocycles. The van der Waals surface area contributed by atoms with E-state index in [1.807, 2.05) is 0 Å². The van der Waals surface area contributed by atoms with Crippen LogP contribution in [0.25, 0.3) is 0 Å². The molecule has 0 aromatic rings. The molecule has 0 saturated heterocycles. The number of hydrogen-bond donors (Lipinski definition) is 4. The predicted octanol–water partition coefficient (Wildman–Crippen LogP) is 1.47. The Kier molecular flexibility index (Phi) is 12.8. The fourth-order valence-corrected chi connectivity index (χ4v) is 1.94. The molecule has 27 heavy (non-hydrogen) atoms. The maximum absolute atomic E-state index is 11.9. The van der Waals surface area contributed by atoms with Crippen LogP contribution in [-0.2, 0) is 9.59 Å². The van der Waals surface area contributed by atoms with Crippen LogP contribution >= 0.6 is 0 Å². The van der Waals surface area contributed by atoms with Gasteiger partial charge < -0.3 is 21.3 Å². The molecule has 0 rings (SSSR count). The van der Waals surface area contributed by atoms with E-state index in [9.17, 15) is 35.9 Å². The molecule has 160 valence electrons. The fraction of sp³-hybridized carbons (Fsp3) is 0.867. The molecule has 2 amide bonds. The summed E-state index contributed by atoms with van der Waals surface area (Å²) in [6.07, 6.45) is -6.50. The maximum Gasteiger partial charge on any atom is 0.471 e. The predicted molar refractivity (Wildman–Crippen MR) is 87.0 cm³/mol. The SMILES string of the molecule is O=C(NCCCCNCCCCNCCCNC(=O)C(F)(F)F)C(F)(F)F. The first-order valence-corrected chi connectivity index (χ1v) is 8.66. The minimum atomic E-state index is -4.85. The van der Waals surface area contributed by atoms with E-state index in [0.717, 1.165) is 19.4 Å². The van der Waals surface area contributed by atoms with Gasteiger partial charge in [-0.3, -0.25) is 9.59 Å². The summed E-state index contributed by atoms with van der Waals surface area (Å²) in [5, 5.41) is 9.75. The molecule has 0 heterocycles. The lowest BCUT2D eigenvalue weighted by Crippen LogP contribution is -2.38. The van der Waals surface area contributed by atoms with E-state index in [4.69, 9.17) is 0 Å². The highest BCUT2D eigenvalue weighted by molar-refractivity contribution is 5.81. The zero-order valence-corrected chi connectivity index (χ0v) is 14.9. The third kappa shape index (κ3) is 15.2. The van der Waals surface area contributed by atoms with E-state index >= 15 is 0 Å². The largest absolute Gasteiger partial charge is 0.471 e. The third-order valence-corrected chi connectivity index (χ3v) is 3.35. The number of amides is 2. The molecule has 0 fully saturated rings. The molecule has 0 atom stereocenters. The molecule has 12 heteroatoms. The number of hydrogen-bond acceptors (Lipinski definition) is 4. The summed E-state index contributed by atoms with van der Waals surface area (Å²) in [4.78, 5) is 21.1. The lowest BCUT2D eigenvalue weighted by atomic mass is 10.2. The lowest BCUT2D eigenvalue weighted by molar-refractivity contribution is -0.173. The summed E-state index contributed by atoms with van der Waals surface area (Å²) >= 11 is 0. The first-order chi connectivity index (χ1) is 12.5. The van der Waals surface area contributed by atoms with Gasteiger partial charge in [-0.05, 0) is 58.3 Å². The molecule has 0 aliphatic rings. The van der Waals surface area contributed by atoms with Gasteiger partial charge in [0.1, 0.15) is 0 Å². The van der Waals surface area contributed by atoms with Gasteiger partial charge in [0.05, 0.1) is 0 Å². The second-order valence-electron chi connectivity index (χ2n) is 5.78. The standard InChI is InChI=1S/C15H26F6N4O2/c16-14(17,18)12(26)24-10-4-3-8-22-6-1-2-7-23-9-5-11-25-13(27)15(19,20)21/h22-23H,1-11H2,(H,24,26)(H,25,27). The minimum absolute atomic E-state index is 0.0205. The van der Waals surface area contributed by atoms with E-state index in [-0.39, 0.29) is 13.1 Å². The number of nitrogens with one attached hydrogen (secondary N) is 4. The van der Waals surface area contributed by atoms with Crippen molar-refractivity contribution in [2.45, 2.75) is 44.5 Å². The summed E-state index contributed by atoms with van der Waals surface area (Å²) < 4.78 is 71.4. The highest BCUT2D eigenvalue weighted by atomic mass is 19.4. The molecule has 0 radical (unpaired) electrons. The van der Waals surface area contributed by atoms with Crippen molar-refractivity contribution in [3.63, 3.8) is 0 Å². The van der Waals surface area contributed by atoms with Crippen LogP contribution in [-0.4, -0.2) is 63.4 Å². The van der Waals surface area contributed by atoms with Gasteiger partial charge in [0.15, 0.2) is 0 Å². The van der Waals surface area contributed by atoms with Crippen LogP contribution in [0.2, 0.25) is 0 Å². The monoisotopic (exact) mass is 408 g/mol. The average molecular weight is 408 g/mol. The van der Waals surface area contributed by atoms with Gasteiger partial charge in [0, 0.05) is 13.1 Å². The van der Waals surface area contributed by atoms with Gasteiger partial charge >= 0.3 is 24.2 Å². The molecule has 0 unspecified atom stereocenters. The van der Waals surface area contributed by atoms with Crippen LogP contribution in [0, 0.1) is 0 Å². The average Bonchev–Trinajstić information content (AvgIpc) is 2.56. The maximum atomic E-state index is 11.9. The molecule has 6 nitrogen and oxygen atoms in total. The van der Waals surface area contributed by atoms with Crippen molar-refractivity contribution in [2.75, 3.05) is 39.3 Å². The van der Waals surface area contributed by atoms with Crippen molar-refractivity contribution in [2.24, 2.45) is 0 Å². The first-order valence-electron chi connectivity index (χ1n) is 8.66. The Morgan fingerprint density at radius 2 is 0.815 bits per heavy atom. The van der Waals surface area contributed by atoms with Crippen molar-refractivity contribution in [3.05, 3.63) is 0 Å². The van der Waals surface area contributed by atoms with E-state index < -0.39 is 24.2 Å². The number of rotatable bonds is 14. The zero-order valence-electron chi connectivity index (χ0n) is 14.9. The Morgan fingerprint density at radius 3 is 1.19 bits per heavy atom. The van der Waals surface area contributed by atoms with Crippen molar-refractivity contribution < 1.29 is 35.9 Å². The topological polar surface area (TPSA) is 82.3 Å². The molecule has 0 spiro atoms. The Hall–Kier alpha value is -1.56. The Bertz CT molecular complexity index is 392. The van der Waals surface area contributed by atoms with Gasteiger partial charge in [-0.1, -0.05) is 0 Å². The Balaban J connectivity index is 3.26. The highest BCUT2D eigenvalue weighted by Crippen LogP contribution is 2.14. The first kappa shape index (κ1) is 25.4. The van der Waals surface area contributed by atoms with Crippen molar-refractivity contribution in [3.8, 4) is 0 Å². The summed E-state index contributed by atoms with van der Waals surface area (Å²) in [7, 11) is 0. The number of alkyl halides is 6. The number of carbonyl (C=O) groups excluding carboxylic acids is 2. The van der Waals surface area contributed by atoms with Crippen LogP contribution in [0.4, 0.5) is 26.3 Å². The molecule has 0 aliphatic heterocycles. The summed E-state index contributed by atoms with van der Waals surface area (Å²) in [5.74, 6) is -3.86. The molecule has 4 N–H and O–H groups in total. The number of halogens is 6.